The second kappa shape index (κ2) is 15.0. The van der Waals surface area contributed by atoms with Crippen LogP contribution in [0.1, 0.15) is 0 Å². The summed E-state index contributed by atoms with van der Waals surface area (Å²) < 4.78 is 13.7. The molecule has 0 bridgehead atoms. The molecule has 0 amide bonds. The van der Waals surface area contributed by atoms with Crippen molar-refractivity contribution in [2.45, 2.75) is 0 Å². The van der Waals surface area contributed by atoms with E-state index in [0.717, 1.165) is 110 Å². The molecule has 326 valence electrons. The van der Waals surface area contributed by atoms with Gasteiger partial charge in [-0.1, -0.05) is 176 Å². The molecule has 10 aromatic carbocycles. The lowest BCUT2D eigenvalue weighted by Gasteiger charge is -2.15. The van der Waals surface area contributed by atoms with Crippen LogP contribution in [0.25, 0.3) is 139 Å². The van der Waals surface area contributed by atoms with Crippen molar-refractivity contribution in [3.8, 4) is 51.2 Å². The third-order valence-corrected chi connectivity index (χ3v) is 14.1. The van der Waals surface area contributed by atoms with Crippen molar-refractivity contribution in [1.82, 2.24) is 28.7 Å². The lowest BCUT2D eigenvalue weighted by Crippen LogP contribution is -2.07. The van der Waals surface area contributed by atoms with Gasteiger partial charge in [0.25, 0.3) is 0 Å². The topological polar surface area (TPSA) is 66.6 Å². The van der Waals surface area contributed by atoms with Crippen LogP contribution in [0.5, 0.6) is 0 Å². The van der Waals surface area contributed by atoms with Crippen LogP contribution in [0.2, 0.25) is 0 Å². The molecule has 7 heteroatoms. The highest BCUT2D eigenvalue weighted by Gasteiger charge is 2.25. The van der Waals surface area contributed by atoms with Crippen molar-refractivity contribution in [1.29, 1.82) is 0 Å². The van der Waals surface area contributed by atoms with Crippen LogP contribution < -0.4 is 0 Å². The molecular weight excluding hydrogens is 857 g/mol. The van der Waals surface area contributed by atoms with Crippen molar-refractivity contribution < 1.29 is 4.42 Å². The zero-order chi connectivity index (χ0) is 45.9. The molecule has 7 nitrogen and oxygen atoms in total. The number of benzene rings is 10. The van der Waals surface area contributed by atoms with Crippen LogP contribution in [0, 0.1) is 0 Å². The number of fused-ring (bicyclic) bond motifs is 13. The number of hydrogen-bond donors (Lipinski definition) is 0. The van der Waals surface area contributed by atoms with Crippen LogP contribution in [0.3, 0.4) is 0 Å². The molecule has 15 aromatic rings. The van der Waals surface area contributed by atoms with Crippen LogP contribution in [-0.2, 0) is 0 Å². The van der Waals surface area contributed by atoms with E-state index in [1.165, 1.54) is 10.8 Å². The number of rotatable bonds is 6. The van der Waals surface area contributed by atoms with Gasteiger partial charge >= 0.3 is 0 Å². The first-order valence-corrected chi connectivity index (χ1v) is 23.6. The molecular formula is C63H38N6O. The summed E-state index contributed by atoms with van der Waals surface area (Å²) in [6.07, 6.45) is 0. The van der Waals surface area contributed by atoms with E-state index in [4.69, 9.17) is 19.4 Å². The van der Waals surface area contributed by atoms with Gasteiger partial charge in [0.1, 0.15) is 11.2 Å². The molecule has 15 rings (SSSR count). The molecule has 0 radical (unpaired) electrons. The predicted molar refractivity (Wildman–Crippen MR) is 286 cm³/mol. The monoisotopic (exact) mass is 894 g/mol. The van der Waals surface area contributed by atoms with Crippen LogP contribution in [-0.4, -0.2) is 28.7 Å². The van der Waals surface area contributed by atoms with E-state index in [1.807, 2.05) is 24.3 Å². The van der Waals surface area contributed by atoms with Gasteiger partial charge in [0.15, 0.2) is 11.6 Å². The minimum Gasteiger partial charge on any atom is -0.455 e. The molecule has 0 aliphatic heterocycles. The van der Waals surface area contributed by atoms with Gasteiger partial charge in [0.05, 0.1) is 33.1 Å². The largest absolute Gasteiger partial charge is 0.455 e. The second-order valence-electron chi connectivity index (χ2n) is 18.0. The summed E-state index contributed by atoms with van der Waals surface area (Å²) in [5.74, 6) is 1.70. The molecule has 0 spiro atoms. The molecule has 0 aliphatic rings. The van der Waals surface area contributed by atoms with Gasteiger partial charge in [-0.3, -0.25) is 4.57 Å². The fraction of sp³-hybridized carbons (Fsp3) is 0. The number of para-hydroxylation sites is 5. The van der Waals surface area contributed by atoms with Crippen molar-refractivity contribution in [2.24, 2.45) is 0 Å². The molecule has 5 aromatic heterocycles. The van der Waals surface area contributed by atoms with Crippen molar-refractivity contribution in [3.63, 3.8) is 0 Å². The molecule has 0 fully saturated rings. The fourth-order valence-corrected chi connectivity index (χ4v) is 11.0. The van der Waals surface area contributed by atoms with Gasteiger partial charge in [-0.2, -0.15) is 9.97 Å². The average Bonchev–Trinajstić information content (AvgIpc) is 4.18. The van der Waals surface area contributed by atoms with Gasteiger partial charge in [-0.25, -0.2) is 4.98 Å². The third kappa shape index (κ3) is 5.66. The Morgan fingerprint density at radius 2 is 0.786 bits per heavy atom. The Morgan fingerprint density at radius 3 is 1.43 bits per heavy atom. The highest BCUT2D eigenvalue weighted by atomic mass is 16.3. The Hall–Kier alpha value is -9.59. The average molecular weight is 895 g/mol. The van der Waals surface area contributed by atoms with Crippen molar-refractivity contribution in [3.05, 3.63) is 231 Å². The number of furan rings is 1. The summed E-state index contributed by atoms with van der Waals surface area (Å²) in [4.78, 5) is 16.2. The summed E-state index contributed by atoms with van der Waals surface area (Å²) >= 11 is 0. The Kier molecular flexibility index (Phi) is 8.23. The summed E-state index contributed by atoms with van der Waals surface area (Å²) in [6, 6.07) is 81.4. The molecule has 0 unspecified atom stereocenters. The maximum absolute atomic E-state index is 6.70. The minimum atomic E-state index is 0.530. The third-order valence-electron chi connectivity index (χ3n) is 14.1. The van der Waals surface area contributed by atoms with Crippen molar-refractivity contribution >= 4 is 87.4 Å². The van der Waals surface area contributed by atoms with E-state index in [9.17, 15) is 0 Å². The van der Waals surface area contributed by atoms with E-state index in [1.54, 1.807) is 0 Å². The zero-order valence-electron chi connectivity index (χ0n) is 37.5. The number of hydrogen-bond acceptors (Lipinski definition) is 4. The van der Waals surface area contributed by atoms with Gasteiger partial charge in [-0.15, -0.1) is 0 Å². The number of nitrogens with zero attached hydrogens (tertiary/aromatic N) is 6. The van der Waals surface area contributed by atoms with Gasteiger partial charge in [0, 0.05) is 71.2 Å². The quantitative estimate of drug-likeness (QED) is 0.167. The molecule has 0 saturated heterocycles. The normalized spacial score (nSPS) is 12.0. The van der Waals surface area contributed by atoms with E-state index in [2.05, 4.69) is 220 Å². The van der Waals surface area contributed by atoms with E-state index in [-0.39, 0.29) is 0 Å². The predicted octanol–water partition coefficient (Wildman–Crippen LogP) is 16.1. The van der Waals surface area contributed by atoms with Crippen molar-refractivity contribution in [2.75, 3.05) is 0 Å². The Bertz CT molecular complexity index is 4540. The maximum atomic E-state index is 6.70. The first kappa shape index (κ1) is 38.5. The number of aromatic nitrogens is 6. The van der Waals surface area contributed by atoms with Crippen LogP contribution >= 0.6 is 0 Å². The molecule has 70 heavy (non-hydrogen) atoms. The minimum absolute atomic E-state index is 0.530. The van der Waals surface area contributed by atoms with E-state index < -0.39 is 0 Å². The maximum Gasteiger partial charge on any atom is 0.238 e. The highest BCUT2D eigenvalue weighted by molar-refractivity contribution is 6.24. The highest BCUT2D eigenvalue weighted by Crippen LogP contribution is 2.44. The Morgan fingerprint density at radius 1 is 0.300 bits per heavy atom. The molecule has 0 saturated carbocycles. The summed E-state index contributed by atoms with van der Waals surface area (Å²) in [5, 5.41) is 9.03. The lowest BCUT2D eigenvalue weighted by atomic mass is 10.0. The lowest BCUT2D eigenvalue weighted by molar-refractivity contribution is 0.670. The van der Waals surface area contributed by atoms with Gasteiger partial charge < -0.3 is 13.6 Å². The SMILES string of the molecule is c1ccc(-c2nc(-c3cccc(-n4c5ccccc5c5ccccc54)c3)nc(-n3c4ccccc4c4ccc5c6ccccc6n(-c6cc(-c7ccccc7)c7oc8ccccc8c7c6)c5c43)n2)cc1. The summed E-state index contributed by atoms with van der Waals surface area (Å²) in [7, 11) is 0. The van der Waals surface area contributed by atoms with Gasteiger partial charge in [0.2, 0.25) is 5.95 Å². The first-order chi connectivity index (χ1) is 34.7. The smallest absolute Gasteiger partial charge is 0.238 e. The molecule has 0 aliphatic carbocycles. The van der Waals surface area contributed by atoms with E-state index >= 15 is 0 Å². The van der Waals surface area contributed by atoms with Crippen LogP contribution in [0.4, 0.5) is 0 Å². The first-order valence-electron chi connectivity index (χ1n) is 23.6. The summed E-state index contributed by atoms with van der Waals surface area (Å²) in [6.45, 7) is 0. The summed E-state index contributed by atoms with van der Waals surface area (Å²) in [5.41, 5.74) is 14.1. The standard InChI is InChI=1S/C63H38N6O/c1-3-18-39(19-4-1)51-37-43(38-52-48-28-11-16-33-57(48)70-60(51)52)68-55-31-14-9-26-46(55)49-34-35-50-47-27-10-15-32-56(47)69(59(50)58(49)68)63-65-61(40-20-5-2-6-21-40)64-62(66-63)41-22-17-23-42(36-41)67-53-29-12-7-24-44(53)45-25-8-13-30-54(45)67/h1-38H. The van der Waals surface area contributed by atoms with Crippen LogP contribution in [0.15, 0.2) is 235 Å². The Labute approximate surface area is 400 Å². The zero-order valence-corrected chi connectivity index (χ0v) is 37.5. The second-order valence-corrected chi connectivity index (χ2v) is 18.0. The molecule has 5 heterocycles. The molecule has 0 atom stereocenters. The Balaban J connectivity index is 1.04. The van der Waals surface area contributed by atoms with E-state index in [0.29, 0.717) is 17.6 Å². The fourth-order valence-electron chi connectivity index (χ4n) is 11.0. The van der Waals surface area contributed by atoms with Gasteiger partial charge in [-0.05, 0) is 60.2 Å². The molecule has 0 N–H and O–H groups in total.